The minimum Gasteiger partial charge on any atom is -0.454 e. The highest BCUT2D eigenvalue weighted by Gasteiger charge is 2.49. The molecule has 8 nitrogen and oxygen atoms in total. The summed E-state index contributed by atoms with van der Waals surface area (Å²) >= 11 is 0. The first-order valence-electron chi connectivity index (χ1n) is 9.96. The summed E-state index contributed by atoms with van der Waals surface area (Å²) < 4.78 is 4.95. The second-order valence-electron chi connectivity index (χ2n) is 7.80. The molecule has 2 aromatic rings. The molecule has 3 rings (SSSR count). The number of carbonyl (C=O) groups is 4. The zero-order valence-corrected chi connectivity index (χ0v) is 17.7. The van der Waals surface area contributed by atoms with Crippen LogP contribution >= 0.6 is 0 Å². The number of nitrogens with one attached hydrogen (secondary N) is 2. The summed E-state index contributed by atoms with van der Waals surface area (Å²) in [6, 6.07) is 15.4. The van der Waals surface area contributed by atoms with E-state index in [1.807, 2.05) is 12.1 Å². The number of hydrogen-bond donors (Lipinski definition) is 2. The number of ether oxygens (including phenoxy) is 1. The van der Waals surface area contributed by atoms with Gasteiger partial charge < -0.3 is 15.4 Å². The first kappa shape index (κ1) is 22.0. The van der Waals surface area contributed by atoms with Crippen molar-refractivity contribution in [3.05, 3.63) is 65.7 Å². The van der Waals surface area contributed by atoms with Crippen LogP contribution in [0.2, 0.25) is 0 Å². The molecule has 1 aliphatic heterocycles. The molecule has 2 aromatic carbocycles. The van der Waals surface area contributed by atoms with E-state index in [0.29, 0.717) is 17.2 Å². The van der Waals surface area contributed by atoms with Crippen LogP contribution in [0, 0.1) is 0 Å². The van der Waals surface area contributed by atoms with E-state index in [2.05, 4.69) is 24.5 Å². The lowest BCUT2D eigenvalue weighted by Crippen LogP contribution is -2.41. The van der Waals surface area contributed by atoms with Gasteiger partial charge in [0.2, 0.25) is 0 Å². The minimum atomic E-state index is -1.27. The zero-order valence-electron chi connectivity index (χ0n) is 17.7. The summed E-state index contributed by atoms with van der Waals surface area (Å²) in [6.45, 7) is 4.61. The number of nitrogens with zero attached hydrogens (tertiary/aromatic N) is 1. The molecule has 0 unspecified atom stereocenters. The van der Waals surface area contributed by atoms with Crippen LogP contribution in [0.1, 0.15) is 37.8 Å². The fourth-order valence-corrected chi connectivity index (χ4v) is 3.28. The molecule has 0 saturated carbocycles. The van der Waals surface area contributed by atoms with Gasteiger partial charge in [0.05, 0.1) is 0 Å². The van der Waals surface area contributed by atoms with Gasteiger partial charge in [0.25, 0.3) is 11.8 Å². The highest BCUT2D eigenvalue weighted by atomic mass is 16.5. The third-order valence-corrected chi connectivity index (χ3v) is 5.14. The Kier molecular flexibility index (Phi) is 6.39. The number of anilines is 1. The summed E-state index contributed by atoms with van der Waals surface area (Å²) in [4.78, 5) is 50.0. The Morgan fingerprint density at radius 1 is 1.06 bits per heavy atom. The number of urea groups is 1. The number of hydrogen-bond acceptors (Lipinski definition) is 5. The highest BCUT2D eigenvalue weighted by Crippen LogP contribution is 2.28. The zero-order chi connectivity index (χ0) is 22.6. The molecule has 1 heterocycles. The Hall–Kier alpha value is -3.68. The molecule has 0 bridgehead atoms. The molecule has 4 amide bonds. The van der Waals surface area contributed by atoms with Crippen LogP contribution in [0.25, 0.3) is 0 Å². The third-order valence-electron chi connectivity index (χ3n) is 5.14. The van der Waals surface area contributed by atoms with Crippen LogP contribution < -0.4 is 10.6 Å². The standard InChI is InChI=1S/C23H25N3O5/c1-15(2)16-9-11-18(12-10-16)24-19(27)14-31-20(28)13-26-21(29)23(3,25-22(26)30)17-7-5-4-6-8-17/h4-12,15H,13-14H2,1-3H3,(H,24,27)(H,25,30)/t23-/m1/s1. The number of rotatable bonds is 7. The second-order valence-corrected chi connectivity index (χ2v) is 7.80. The van der Waals surface area contributed by atoms with Gasteiger partial charge in [0, 0.05) is 5.69 Å². The van der Waals surface area contributed by atoms with Crippen molar-refractivity contribution in [2.75, 3.05) is 18.5 Å². The molecule has 1 saturated heterocycles. The maximum Gasteiger partial charge on any atom is 0.326 e. The Morgan fingerprint density at radius 2 is 1.71 bits per heavy atom. The quantitative estimate of drug-likeness (QED) is 0.526. The molecule has 8 heteroatoms. The number of carbonyl (C=O) groups excluding carboxylic acids is 4. The first-order chi connectivity index (χ1) is 14.7. The molecule has 1 atom stereocenters. The molecule has 0 aliphatic carbocycles. The molecule has 0 radical (unpaired) electrons. The smallest absolute Gasteiger partial charge is 0.326 e. The van der Waals surface area contributed by atoms with E-state index in [4.69, 9.17) is 4.74 Å². The topological polar surface area (TPSA) is 105 Å². The largest absolute Gasteiger partial charge is 0.454 e. The molecule has 1 aliphatic rings. The molecule has 31 heavy (non-hydrogen) atoms. The van der Waals surface area contributed by atoms with Crippen molar-refractivity contribution >= 4 is 29.5 Å². The van der Waals surface area contributed by atoms with E-state index >= 15 is 0 Å². The number of esters is 1. The molecule has 2 N–H and O–H groups in total. The van der Waals surface area contributed by atoms with Gasteiger partial charge in [-0.1, -0.05) is 56.3 Å². The van der Waals surface area contributed by atoms with Gasteiger partial charge in [-0.05, 0) is 36.1 Å². The summed E-state index contributed by atoms with van der Waals surface area (Å²) in [6.07, 6.45) is 0. The predicted molar refractivity (Wildman–Crippen MR) is 114 cm³/mol. The average Bonchev–Trinajstić information content (AvgIpc) is 2.97. The Labute approximate surface area is 180 Å². The lowest BCUT2D eigenvalue weighted by molar-refractivity contribution is -0.150. The van der Waals surface area contributed by atoms with E-state index < -0.39 is 42.5 Å². The normalized spacial score (nSPS) is 18.1. The van der Waals surface area contributed by atoms with Gasteiger partial charge in [0.1, 0.15) is 12.1 Å². The van der Waals surface area contributed by atoms with Crippen LogP contribution in [0.5, 0.6) is 0 Å². The fraction of sp³-hybridized carbons (Fsp3) is 0.304. The van der Waals surface area contributed by atoms with Crippen LogP contribution in [0.4, 0.5) is 10.5 Å². The van der Waals surface area contributed by atoms with Gasteiger partial charge in [0.15, 0.2) is 6.61 Å². The van der Waals surface area contributed by atoms with Crippen molar-refractivity contribution in [2.24, 2.45) is 0 Å². The van der Waals surface area contributed by atoms with Gasteiger partial charge in [-0.15, -0.1) is 0 Å². The van der Waals surface area contributed by atoms with Gasteiger partial charge in [-0.2, -0.15) is 0 Å². The third kappa shape index (κ3) is 4.91. The van der Waals surface area contributed by atoms with Crippen molar-refractivity contribution in [3.63, 3.8) is 0 Å². The number of amides is 4. The monoisotopic (exact) mass is 423 g/mol. The van der Waals surface area contributed by atoms with E-state index in [-0.39, 0.29) is 0 Å². The van der Waals surface area contributed by atoms with Crippen LogP contribution in [0.3, 0.4) is 0 Å². The van der Waals surface area contributed by atoms with Crippen molar-refractivity contribution in [1.29, 1.82) is 0 Å². The van der Waals surface area contributed by atoms with Crippen molar-refractivity contribution < 1.29 is 23.9 Å². The van der Waals surface area contributed by atoms with Crippen molar-refractivity contribution in [1.82, 2.24) is 10.2 Å². The average molecular weight is 423 g/mol. The summed E-state index contributed by atoms with van der Waals surface area (Å²) in [5, 5.41) is 5.25. The molecular formula is C23H25N3O5. The van der Waals surface area contributed by atoms with Crippen LogP contribution in [-0.4, -0.2) is 41.9 Å². The molecule has 1 fully saturated rings. The molecular weight excluding hydrogens is 398 g/mol. The lowest BCUT2D eigenvalue weighted by atomic mass is 9.92. The maximum atomic E-state index is 12.8. The van der Waals surface area contributed by atoms with Gasteiger partial charge in [-0.3, -0.25) is 19.3 Å². The van der Waals surface area contributed by atoms with E-state index in [1.54, 1.807) is 49.4 Å². The van der Waals surface area contributed by atoms with Gasteiger partial charge in [-0.25, -0.2) is 4.79 Å². The van der Waals surface area contributed by atoms with E-state index in [9.17, 15) is 19.2 Å². The Balaban J connectivity index is 1.53. The molecule has 162 valence electrons. The summed E-state index contributed by atoms with van der Waals surface area (Å²) in [5.41, 5.74) is 1.06. The predicted octanol–water partition coefficient (Wildman–Crippen LogP) is 2.76. The number of benzene rings is 2. The molecule has 0 spiro atoms. The fourth-order valence-electron chi connectivity index (χ4n) is 3.28. The second kappa shape index (κ2) is 8.99. The summed E-state index contributed by atoms with van der Waals surface area (Å²) in [5.74, 6) is -1.56. The minimum absolute atomic E-state index is 0.375. The van der Waals surface area contributed by atoms with Crippen LogP contribution in [0.15, 0.2) is 54.6 Å². The van der Waals surface area contributed by atoms with Crippen molar-refractivity contribution in [3.8, 4) is 0 Å². The Bertz CT molecular complexity index is 988. The van der Waals surface area contributed by atoms with E-state index in [1.165, 1.54) is 0 Å². The SMILES string of the molecule is CC(C)c1ccc(NC(=O)COC(=O)CN2C(=O)N[C@](C)(c3ccccc3)C2=O)cc1. The lowest BCUT2D eigenvalue weighted by Gasteiger charge is -2.21. The number of imide groups is 1. The van der Waals surface area contributed by atoms with Crippen molar-refractivity contribution in [2.45, 2.75) is 32.2 Å². The van der Waals surface area contributed by atoms with Crippen LogP contribution in [-0.2, 0) is 24.7 Å². The highest BCUT2D eigenvalue weighted by molar-refractivity contribution is 6.09. The summed E-state index contributed by atoms with van der Waals surface area (Å²) in [7, 11) is 0. The van der Waals surface area contributed by atoms with E-state index in [0.717, 1.165) is 10.5 Å². The first-order valence-corrected chi connectivity index (χ1v) is 9.96. The Morgan fingerprint density at radius 3 is 2.32 bits per heavy atom. The van der Waals surface area contributed by atoms with Gasteiger partial charge >= 0.3 is 12.0 Å². The molecule has 0 aromatic heterocycles. The maximum absolute atomic E-state index is 12.8.